The van der Waals surface area contributed by atoms with E-state index in [1.807, 2.05) is 12.1 Å². The van der Waals surface area contributed by atoms with E-state index >= 15 is 0 Å². The van der Waals surface area contributed by atoms with Crippen LogP contribution in [-0.2, 0) is 23.7 Å². The van der Waals surface area contributed by atoms with E-state index in [2.05, 4.69) is 10.6 Å². The molecule has 1 amide bonds. The van der Waals surface area contributed by atoms with E-state index in [1.165, 1.54) is 6.92 Å². The SMILES string of the molecule is CC(=O)Nc1ccc(OCCOCCOCCOCCOC2CCNCC2)cc1. The zero-order valence-electron chi connectivity index (χ0n) is 17.3. The van der Waals surface area contributed by atoms with Gasteiger partial charge in [0, 0.05) is 12.6 Å². The minimum Gasteiger partial charge on any atom is -0.491 e. The van der Waals surface area contributed by atoms with Crippen LogP contribution in [0.2, 0.25) is 0 Å². The van der Waals surface area contributed by atoms with Crippen LogP contribution in [0, 0.1) is 0 Å². The molecule has 164 valence electrons. The third kappa shape index (κ3) is 11.8. The average Bonchev–Trinajstić information content (AvgIpc) is 2.73. The average molecular weight is 411 g/mol. The number of hydrogen-bond donors (Lipinski definition) is 2. The Kier molecular flexibility index (Phi) is 12.3. The Morgan fingerprint density at radius 2 is 1.45 bits per heavy atom. The summed E-state index contributed by atoms with van der Waals surface area (Å²) in [6.45, 7) is 7.91. The zero-order valence-corrected chi connectivity index (χ0v) is 17.3. The van der Waals surface area contributed by atoms with Crippen LogP contribution in [0.3, 0.4) is 0 Å². The molecule has 29 heavy (non-hydrogen) atoms. The Hall–Kier alpha value is -1.71. The van der Waals surface area contributed by atoms with E-state index in [1.54, 1.807) is 12.1 Å². The van der Waals surface area contributed by atoms with Crippen LogP contribution in [0.5, 0.6) is 5.75 Å². The fraction of sp³-hybridized carbons (Fsp3) is 0.667. The van der Waals surface area contributed by atoms with E-state index in [-0.39, 0.29) is 5.91 Å². The highest BCUT2D eigenvalue weighted by Gasteiger charge is 2.12. The number of amides is 1. The number of rotatable bonds is 15. The van der Waals surface area contributed by atoms with Crippen molar-refractivity contribution in [1.29, 1.82) is 0 Å². The molecule has 2 rings (SSSR count). The number of anilines is 1. The highest BCUT2D eigenvalue weighted by atomic mass is 16.6. The fourth-order valence-corrected chi connectivity index (χ4v) is 2.83. The maximum atomic E-state index is 11.0. The lowest BCUT2D eigenvalue weighted by Gasteiger charge is -2.22. The second kappa shape index (κ2) is 15.2. The predicted molar refractivity (Wildman–Crippen MR) is 111 cm³/mol. The van der Waals surface area contributed by atoms with Gasteiger partial charge in [0.05, 0.1) is 52.4 Å². The Balaban J connectivity index is 1.32. The molecule has 1 heterocycles. The first-order chi connectivity index (χ1) is 14.2. The fourth-order valence-electron chi connectivity index (χ4n) is 2.83. The van der Waals surface area contributed by atoms with Gasteiger partial charge < -0.3 is 34.3 Å². The van der Waals surface area contributed by atoms with Crippen molar-refractivity contribution in [2.75, 3.05) is 71.3 Å². The van der Waals surface area contributed by atoms with Gasteiger partial charge in [-0.2, -0.15) is 0 Å². The molecule has 1 aliphatic rings. The molecule has 1 aliphatic heterocycles. The van der Waals surface area contributed by atoms with Gasteiger partial charge in [0.1, 0.15) is 12.4 Å². The molecule has 8 heteroatoms. The summed E-state index contributed by atoms with van der Waals surface area (Å²) in [5.74, 6) is 0.641. The van der Waals surface area contributed by atoms with Gasteiger partial charge in [0.2, 0.25) is 5.91 Å². The molecule has 1 aromatic carbocycles. The molecule has 0 radical (unpaired) electrons. The van der Waals surface area contributed by atoms with Gasteiger partial charge >= 0.3 is 0 Å². The third-order valence-electron chi connectivity index (χ3n) is 4.28. The standard InChI is InChI=1S/C21H34N2O6/c1-18(24)23-19-2-4-20(5-3-19)28-16-14-26-12-10-25-11-13-27-15-17-29-21-6-8-22-9-7-21/h2-5,21-22H,6-17H2,1H3,(H,23,24). The summed E-state index contributed by atoms with van der Waals surface area (Å²) in [4.78, 5) is 11.0. The second-order valence-electron chi connectivity index (χ2n) is 6.71. The topological polar surface area (TPSA) is 87.3 Å². The predicted octanol–water partition coefficient (Wildman–Crippen LogP) is 1.84. The molecule has 8 nitrogen and oxygen atoms in total. The van der Waals surface area contributed by atoms with Gasteiger partial charge in [-0.1, -0.05) is 0 Å². The van der Waals surface area contributed by atoms with Crippen LogP contribution in [0.4, 0.5) is 5.69 Å². The Labute approximate surface area is 173 Å². The summed E-state index contributed by atoms with van der Waals surface area (Å²) >= 11 is 0. The van der Waals surface area contributed by atoms with Crippen molar-refractivity contribution in [3.05, 3.63) is 24.3 Å². The smallest absolute Gasteiger partial charge is 0.221 e. The number of benzene rings is 1. The van der Waals surface area contributed by atoms with Gasteiger partial charge in [-0.25, -0.2) is 0 Å². The van der Waals surface area contributed by atoms with Crippen molar-refractivity contribution in [3.8, 4) is 5.75 Å². The summed E-state index contributed by atoms with van der Waals surface area (Å²) in [7, 11) is 0. The van der Waals surface area contributed by atoms with Crippen molar-refractivity contribution in [2.24, 2.45) is 0 Å². The van der Waals surface area contributed by atoms with Crippen LogP contribution < -0.4 is 15.4 Å². The number of carbonyl (C=O) groups is 1. The number of carbonyl (C=O) groups excluding carboxylic acids is 1. The Bertz CT molecular complexity index is 549. The molecule has 1 aromatic rings. The summed E-state index contributed by atoms with van der Waals surface area (Å²) < 4.78 is 27.8. The van der Waals surface area contributed by atoms with Crippen LogP contribution in [0.15, 0.2) is 24.3 Å². The molecule has 1 saturated heterocycles. The molecule has 0 aromatic heterocycles. The Morgan fingerprint density at radius 3 is 2.03 bits per heavy atom. The van der Waals surface area contributed by atoms with Crippen molar-refractivity contribution < 1.29 is 28.5 Å². The van der Waals surface area contributed by atoms with E-state index in [0.29, 0.717) is 59.0 Å². The molecule has 0 atom stereocenters. The van der Waals surface area contributed by atoms with E-state index in [9.17, 15) is 4.79 Å². The molecule has 1 fully saturated rings. The lowest BCUT2D eigenvalue weighted by Crippen LogP contribution is -2.33. The van der Waals surface area contributed by atoms with E-state index in [0.717, 1.165) is 37.4 Å². The van der Waals surface area contributed by atoms with Gasteiger partial charge in [-0.3, -0.25) is 4.79 Å². The van der Waals surface area contributed by atoms with Crippen LogP contribution in [0.25, 0.3) is 0 Å². The lowest BCUT2D eigenvalue weighted by atomic mass is 10.1. The molecule has 0 aliphatic carbocycles. The number of ether oxygens (including phenoxy) is 5. The van der Waals surface area contributed by atoms with Crippen molar-refractivity contribution >= 4 is 11.6 Å². The van der Waals surface area contributed by atoms with Gasteiger partial charge in [0.25, 0.3) is 0 Å². The normalized spacial score (nSPS) is 14.7. The van der Waals surface area contributed by atoms with Crippen molar-refractivity contribution in [1.82, 2.24) is 5.32 Å². The van der Waals surface area contributed by atoms with Crippen LogP contribution in [0.1, 0.15) is 19.8 Å². The molecule has 0 spiro atoms. The highest BCUT2D eigenvalue weighted by Crippen LogP contribution is 2.15. The minimum absolute atomic E-state index is 0.0949. The first kappa shape index (κ1) is 23.6. The van der Waals surface area contributed by atoms with Gasteiger partial charge in [-0.15, -0.1) is 0 Å². The van der Waals surface area contributed by atoms with Gasteiger partial charge in [-0.05, 0) is 50.2 Å². The summed E-state index contributed by atoms with van der Waals surface area (Å²) in [5.41, 5.74) is 0.747. The summed E-state index contributed by atoms with van der Waals surface area (Å²) in [5, 5.41) is 6.03. The monoisotopic (exact) mass is 410 g/mol. The van der Waals surface area contributed by atoms with Crippen molar-refractivity contribution in [3.63, 3.8) is 0 Å². The third-order valence-corrected chi connectivity index (χ3v) is 4.28. The zero-order chi connectivity index (χ0) is 20.6. The number of piperidine rings is 1. The van der Waals surface area contributed by atoms with E-state index in [4.69, 9.17) is 23.7 Å². The van der Waals surface area contributed by atoms with Crippen LogP contribution >= 0.6 is 0 Å². The lowest BCUT2D eigenvalue weighted by molar-refractivity contribution is -0.114. The molecular formula is C21H34N2O6. The quantitative estimate of drug-likeness (QED) is 0.427. The largest absolute Gasteiger partial charge is 0.491 e. The summed E-state index contributed by atoms with van der Waals surface area (Å²) in [6.07, 6.45) is 2.54. The molecule has 0 bridgehead atoms. The van der Waals surface area contributed by atoms with Gasteiger partial charge in [0.15, 0.2) is 0 Å². The maximum absolute atomic E-state index is 11.0. The molecule has 0 unspecified atom stereocenters. The van der Waals surface area contributed by atoms with Crippen LogP contribution in [-0.4, -0.2) is 78.0 Å². The Morgan fingerprint density at radius 1 is 0.897 bits per heavy atom. The highest BCUT2D eigenvalue weighted by molar-refractivity contribution is 5.88. The van der Waals surface area contributed by atoms with E-state index < -0.39 is 0 Å². The molecular weight excluding hydrogens is 376 g/mol. The first-order valence-electron chi connectivity index (χ1n) is 10.3. The second-order valence-corrected chi connectivity index (χ2v) is 6.71. The molecule has 0 saturated carbocycles. The minimum atomic E-state index is -0.0949. The summed E-state index contributed by atoms with van der Waals surface area (Å²) in [6, 6.07) is 7.22. The molecule has 2 N–H and O–H groups in total. The van der Waals surface area contributed by atoms with Crippen molar-refractivity contribution in [2.45, 2.75) is 25.9 Å². The maximum Gasteiger partial charge on any atom is 0.221 e. The number of hydrogen-bond acceptors (Lipinski definition) is 7. The number of nitrogens with one attached hydrogen (secondary N) is 2. The first-order valence-corrected chi connectivity index (χ1v) is 10.3.